The quantitative estimate of drug-likeness (QED) is 0.702. The molecule has 18 heavy (non-hydrogen) atoms. The summed E-state index contributed by atoms with van der Waals surface area (Å²) in [6.07, 6.45) is 1.49. The van der Waals surface area contributed by atoms with Gasteiger partial charge in [0.05, 0.1) is 11.8 Å². The van der Waals surface area contributed by atoms with Crippen LogP contribution in [-0.2, 0) is 0 Å². The van der Waals surface area contributed by atoms with Crippen molar-refractivity contribution in [2.45, 2.75) is 0 Å². The van der Waals surface area contributed by atoms with Crippen molar-refractivity contribution in [1.29, 1.82) is 0 Å². The summed E-state index contributed by atoms with van der Waals surface area (Å²) in [5.41, 5.74) is 6.18. The highest BCUT2D eigenvalue weighted by molar-refractivity contribution is 5.62. The second kappa shape index (κ2) is 3.99. The molecule has 0 saturated carbocycles. The molecule has 1 aromatic carbocycles. The normalized spacial score (nSPS) is 10.7. The van der Waals surface area contributed by atoms with Crippen LogP contribution in [0.2, 0.25) is 0 Å². The zero-order valence-electron chi connectivity index (χ0n) is 9.13. The first-order valence-corrected chi connectivity index (χ1v) is 5.17. The summed E-state index contributed by atoms with van der Waals surface area (Å²) >= 11 is 0. The lowest BCUT2D eigenvalue weighted by molar-refractivity contribution is 0.427. The summed E-state index contributed by atoms with van der Waals surface area (Å²) in [6, 6.07) is 7.54. The Labute approximate surface area is 101 Å². The fourth-order valence-electron chi connectivity index (χ4n) is 1.55. The van der Waals surface area contributed by atoms with E-state index in [2.05, 4.69) is 10.1 Å². The van der Waals surface area contributed by atoms with Gasteiger partial charge in [-0.25, -0.2) is 4.39 Å². The van der Waals surface area contributed by atoms with Crippen molar-refractivity contribution in [2.24, 2.45) is 0 Å². The maximum absolute atomic E-state index is 13.6. The van der Waals surface area contributed by atoms with Crippen LogP contribution in [0.15, 0.2) is 45.5 Å². The Hall–Kier alpha value is -2.63. The Bertz CT molecular complexity index is 676. The molecule has 0 radical (unpaired) electrons. The molecule has 90 valence electrons. The monoisotopic (exact) mass is 245 g/mol. The number of nitrogens with two attached hydrogens (primary N) is 1. The Kier molecular flexibility index (Phi) is 2.33. The fourth-order valence-corrected chi connectivity index (χ4v) is 1.55. The van der Waals surface area contributed by atoms with Gasteiger partial charge in [0.1, 0.15) is 5.82 Å². The largest absolute Gasteiger partial charge is 0.461 e. The average Bonchev–Trinajstić information content (AvgIpc) is 3.00. The maximum atomic E-state index is 13.6. The molecule has 0 bridgehead atoms. The molecule has 3 aromatic rings. The zero-order chi connectivity index (χ0) is 12.5. The number of aromatic nitrogens is 2. The number of rotatable bonds is 2. The molecule has 0 amide bonds. The number of halogens is 1. The minimum absolute atomic E-state index is 0.0613. The lowest BCUT2D eigenvalue weighted by Crippen LogP contribution is -1.89. The van der Waals surface area contributed by atoms with E-state index in [0.29, 0.717) is 11.4 Å². The van der Waals surface area contributed by atoms with Crippen molar-refractivity contribution in [1.82, 2.24) is 10.1 Å². The van der Waals surface area contributed by atoms with Gasteiger partial charge >= 0.3 is 0 Å². The molecule has 5 nitrogen and oxygen atoms in total. The van der Waals surface area contributed by atoms with Gasteiger partial charge in [-0.15, -0.1) is 0 Å². The first-order valence-electron chi connectivity index (χ1n) is 5.17. The Balaban J connectivity index is 2.05. The summed E-state index contributed by atoms with van der Waals surface area (Å²) < 4.78 is 23.7. The molecule has 0 unspecified atom stereocenters. The van der Waals surface area contributed by atoms with Crippen LogP contribution in [-0.4, -0.2) is 10.1 Å². The lowest BCUT2D eigenvalue weighted by atomic mass is 10.2. The first-order chi connectivity index (χ1) is 8.74. The first kappa shape index (κ1) is 10.5. The third-order valence-corrected chi connectivity index (χ3v) is 2.39. The van der Waals surface area contributed by atoms with Gasteiger partial charge in [-0.05, 0) is 30.3 Å². The highest BCUT2D eigenvalue weighted by atomic mass is 19.1. The molecule has 0 spiro atoms. The molecular formula is C12H8FN3O2. The molecule has 0 aliphatic rings. The summed E-state index contributed by atoms with van der Waals surface area (Å²) in [6.45, 7) is 0. The van der Waals surface area contributed by atoms with Gasteiger partial charge in [-0.2, -0.15) is 4.98 Å². The summed E-state index contributed by atoms with van der Waals surface area (Å²) in [5, 5.41) is 3.72. The lowest BCUT2D eigenvalue weighted by Gasteiger charge is -1.98. The molecule has 0 aliphatic heterocycles. The van der Waals surface area contributed by atoms with Gasteiger partial charge < -0.3 is 14.7 Å². The highest BCUT2D eigenvalue weighted by Gasteiger charge is 2.15. The van der Waals surface area contributed by atoms with Gasteiger partial charge in [-0.1, -0.05) is 5.16 Å². The van der Waals surface area contributed by atoms with Crippen molar-refractivity contribution in [3.63, 3.8) is 0 Å². The minimum Gasteiger partial charge on any atom is -0.461 e. The number of furan rings is 1. The predicted octanol–water partition coefficient (Wildman–Crippen LogP) is 2.72. The highest BCUT2D eigenvalue weighted by Crippen LogP contribution is 2.26. The van der Waals surface area contributed by atoms with Crippen molar-refractivity contribution < 1.29 is 13.3 Å². The number of hydrogen-bond donors (Lipinski definition) is 1. The average molecular weight is 245 g/mol. The van der Waals surface area contributed by atoms with Crippen molar-refractivity contribution >= 4 is 5.69 Å². The number of hydrogen-bond acceptors (Lipinski definition) is 5. The fraction of sp³-hybridized carbons (Fsp3) is 0. The molecule has 3 rings (SSSR count). The van der Waals surface area contributed by atoms with Crippen LogP contribution in [0.5, 0.6) is 0 Å². The van der Waals surface area contributed by atoms with Gasteiger partial charge in [-0.3, -0.25) is 0 Å². The van der Waals surface area contributed by atoms with Crippen LogP contribution in [0.3, 0.4) is 0 Å². The molecular weight excluding hydrogens is 237 g/mol. The Morgan fingerprint density at radius 2 is 2.11 bits per heavy atom. The van der Waals surface area contributed by atoms with Crippen LogP contribution in [0.25, 0.3) is 23.0 Å². The Morgan fingerprint density at radius 3 is 2.89 bits per heavy atom. The van der Waals surface area contributed by atoms with E-state index < -0.39 is 5.82 Å². The van der Waals surface area contributed by atoms with E-state index in [1.54, 1.807) is 12.1 Å². The predicted molar refractivity (Wildman–Crippen MR) is 61.8 cm³/mol. The van der Waals surface area contributed by atoms with Crippen molar-refractivity contribution in [3.8, 4) is 23.0 Å². The topological polar surface area (TPSA) is 78.1 Å². The van der Waals surface area contributed by atoms with E-state index in [1.165, 1.54) is 24.5 Å². The van der Waals surface area contributed by atoms with E-state index in [4.69, 9.17) is 14.7 Å². The van der Waals surface area contributed by atoms with Gasteiger partial charge in [0.15, 0.2) is 5.76 Å². The number of nitrogens with zero attached hydrogens (tertiary/aromatic N) is 2. The smallest absolute Gasteiger partial charge is 0.261 e. The summed E-state index contributed by atoms with van der Waals surface area (Å²) in [4.78, 5) is 4.06. The third kappa shape index (κ3) is 1.73. The third-order valence-electron chi connectivity index (χ3n) is 2.39. The van der Waals surface area contributed by atoms with Gasteiger partial charge in [0.25, 0.3) is 5.89 Å². The number of nitrogen functional groups attached to an aromatic ring is 1. The van der Waals surface area contributed by atoms with Gasteiger partial charge in [0, 0.05) is 5.69 Å². The second-order valence-corrected chi connectivity index (χ2v) is 3.64. The molecule has 6 heteroatoms. The SMILES string of the molecule is Nc1ccc(F)c(-c2nc(-c3ccco3)no2)c1. The number of anilines is 1. The van der Waals surface area contributed by atoms with Crippen LogP contribution in [0, 0.1) is 5.82 Å². The molecule has 2 heterocycles. The maximum Gasteiger partial charge on any atom is 0.261 e. The summed E-state index contributed by atoms with van der Waals surface area (Å²) in [5.74, 6) is 0.302. The van der Waals surface area contributed by atoms with Crippen LogP contribution in [0.1, 0.15) is 0 Å². The van der Waals surface area contributed by atoms with Gasteiger partial charge in [0.2, 0.25) is 5.82 Å². The molecule has 0 fully saturated rings. The van der Waals surface area contributed by atoms with Crippen LogP contribution < -0.4 is 5.73 Å². The van der Waals surface area contributed by atoms with E-state index in [0.717, 1.165) is 0 Å². The molecule has 2 N–H and O–H groups in total. The summed E-state index contributed by atoms with van der Waals surface area (Å²) in [7, 11) is 0. The molecule has 0 saturated heterocycles. The van der Waals surface area contributed by atoms with Crippen molar-refractivity contribution in [3.05, 3.63) is 42.4 Å². The Morgan fingerprint density at radius 1 is 1.22 bits per heavy atom. The van der Waals surface area contributed by atoms with E-state index in [9.17, 15) is 4.39 Å². The van der Waals surface area contributed by atoms with Crippen LogP contribution >= 0.6 is 0 Å². The second-order valence-electron chi connectivity index (χ2n) is 3.64. The van der Waals surface area contributed by atoms with E-state index in [-0.39, 0.29) is 17.3 Å². The van der Waals surface area contributed by atoms with Crippen molar-refractivity contribution in [2.75, 3.05) is 5.73 Å². The van der Waals surface area contributed by atoms with Crippen LogP contribution in [0.4, 0.5) is 10.1 Å². The number of benzene rings is 1. The standard InChI is InChI=1S/C12H8FN3O2/c13-9-4-3-7(14)6-8(9)12-15-11(16-18-12)10-2-1-5-17-10/h1-6H,14H2. The molecule has 2 aromatic heterocycles. The van der Waals surface area contributed by atoms with E-state index >= 15 is 0 Å². The molecule has 0 aliphatic carbocycles. The van der Waals surface area contributed by atoms with E-state index in [1.807, 2.05) is 0 Å². The molecule has 0 atom stereocenters. The minimum atomic E-state index is -0.473. The zero-order valence-corrected chi connectivity index (χ0v) is 9.13.